The highest BCUT2D eigenvalue weighted by atomic mass is 35.5. The Kier molecular flexibility index (Phi) is 9.66. The van der Waals surface area contributed by atoms with Gasteiger partial charge < -0.3 is 19.8 Å². The van der Waals surface area contributed by atoms with Crippen molar-refractivity contribution >= 4 is 40.8 Å². The number of alkyl halides is 3. The van der Waals surface area contributed by atoms with Gasteiger partial charge in [0.25, 0.3) is 5.91 Å². The van der Waals surface area contributed by atoms with E-state index in [-0.39, 0.29) is 29.6 Å². The number of pyridine rings is 1. The minimum atomic E-state index is -5.08. The van der Waals surface area contributed by atoms with Gasteiger partial charge in [-0.05, 0) is 60.7 Å². The van der Waals surface area contributed by atoms with Crippen molar-refractivity contribution in [3.8, 4) is 0 Å². The molecule has 42 heavy (non-hydrogen) atoms. The van der Waals surface area contributed by atoms with E-state index in [1.165, 1.54) is 22.7 Å². The largest absolute Gasteiger partial charge is 0.490 e. The topological polar surface area (TPSA) is 94.0 Å². The first-order chi connectivity index (χ1) is 19.9. The Balaban J connectivity index is 0.000000517. The Labute approximate surface area is 244 Å². The number of nitrogens with zero attached hydrogens (tertiary/aromatic N) is 4. The molecule has 3 aromatic rings. The number of halogens is 5. The molecule has 0 saturated carbocycles. The maximum Gasteiger partial charge on any atom is 0.490 e. The number of carboxylic acid groups (broad SMARTS) is 1. The lowest BCUT2D eigenvalue weighted by Crippen LogP contribution is -2.44. The lowest BCUT2D eigenvalue weighted by Gasteiger charge is -2.36. The summed E-state index contributed by atoms with van der Waals surface area (Å²) in [4.78, 5) is 45.2. The number of carbonyl (C=O) groups excluding carboxylic acids is 2. The number of benzene rings is 2. The molecule has 1 aromatic heterocycles. The fourth-order valence-corrected chi connectivity index (χ4v) is 5.07. The van der Waals surface area contributed by atoms with Crippen molar-refractivity contribution in [1.29, 1.82) is 0 Å². The van der Waals surface area contributed by atoms with Crippen LogP contribution in [-0.4, -0.2) is 65.1 Å². The van der Waals surface area contributed by atoms with Crippen LogP contribution in [0.4, 0.5) is 28.9 Å². The number of hydrogen-bond donors (Lipinski definition) is 1. The molecule has 0 bridgehead atoms. The monoisotopic (exact) mass is 606 g/mol. The summed E-state index contributed by atoms with van der Waals surface area (Å²) in [5.74, 6) is -3.78. The smallest absolute Gasteiger partial charge is 0.475 e. The SMILES string of the molecule is O=C(O)C(F)(F)F.O=C(c1ccc(Cl)cc1F)N1CC(=O)N(CC2CCN(c3ccncc3)CC2)c2ccccc2C1. The van der Waals surface area contributed by atoms with Crippen LogP contribution >= 0.6 is 11.6 Å². The zero-order valence-corrected chi connectivity index (χ0v) is 23.0. The number of piperidine rings is 1. The van der Waals surface area contributed by atoms with Gasteiger partial charge in [0, 0.05) is 55.0 Å². The highest BCUT2D eigenvalue weighted by molar-refractivity contribution is 6.30. The molecule has 0 aliphatic carbocycles. The lowest BCUT2D eigenvalue weighted by atomic mass is 9.95. The molecule has 2 aromatic carbocycles. The Morgan fingerprint density at radius 2 is 1.64 bits per heavy atom. The number of anilines is 2. The first-order valence-electron chi connectivity index (χ1n) is 13.0. The van der Waals surface area contributed by atoms with E-state index in [9.17, 15) is 27.2 Å². The molecule has 3 heterocycles. The predicted octanol–water partition coefficient (Wildman–Crippen LogP) is 5.41. The molecule has 222 valence electrons. The number of hydrogen-bond acceptors (Lipinski definition) is 5. The van der Waals surface area contributed by atoms with E-state index in [4.69, 9.17) is 21.5 Å². The molecule has 0 unspecified atom stereocenters. The molecule has 0 radical (unpaired) electrons. The number of amides is 2. The third-order valence-electron chi connectivity index (χ3n) is 7.05. The third kappa shape index (κ3) is 7.55. The maximum atomic E-state index is 14.5. The van der Waals surface area contributed by atoms with Crippen molar-refractivity contribution in [2.75, 3.05) is 36.0 Å². The first kappa shape index (κ1) is 30.8. The molecular formula is C29H27ClF4N4O4. The van der Waals surface area contributed by atoms with E-state index >= 15 is 0 Å². The minimum Gasteiger partial charge on any atom is -0.475 e. The van der Waals surface area contributed by atoms with Crippen molar-refractivity contribution in [2.45, 2.75) is 25.6 Å². The van der Waals surface area contributed by atoms with Gasteiger partial charge >= 0.3 is 12.1 Å². The molecule has 2 amide bonds. The standard InChI is InChI=1S/C27H26ClFN4O2.C2HF3O2/c28-21-5-6-23(24(29)15-21)27(35)32-17-20-3-1-2-4-25(20)33(26(34)18-32)16-19-9-13-31(14-10-19)22-7-11-30-12-8-22;3-2(4,5)1(6)7/h1-8,11-12,15,19H,9-10,13-14,16-18H2;(H,6,7). The summed E-state index contributed by atoms with van der Waals surface area (Å²) in [5.41, 5.74) is 2.77. The van der Waals surface area contributed by atoms with Gasteiger partial charge in [-0.3, -0.25) is 14.6 Å². The van der Waals surface area contributed by atoms with Crippen LogP contribution in [0.2, 0.25) is 5.02 Å². The highest BCUT2D eigenvalue weighted by Gasteiger charge is 2.38. The van der Waals surface area contributed by atoms with Crippen molar-refractivity contribution in [3.05, 3.63) is 89.0 Å². The molecule has 8 nitrogen and oxygen atoms in total. The van der Waals surface area contributed by atoms with E-state index in [2.05, 4.69) is 9.88 Å². The van der Waals surface area contributed by atoms with Gasteiger partial charge in [-0.25, -0.2) is 9.18 Å². The summed E-state index contributed by atoms with van der Waals surface area (Å²) in [6.45, 7) is 2.56. The number of aliphatic carboxylic acids is 1. The van der Waals surface area contributed by atoms with Gasteiger partial charge in [0.05, 0.1) is 5.56 Å². The van der Waals surface area contributed by atoms with E-state index in [1.807, 2.05) is 41.3 Å². The van der Waals surface area contributed by atoms with E-state index in [1.54, 1.807) is 12.4 Å². The van der Waals surface area contributed by atoms with E-state index in [0.29, 0.717) is 12.5 Å². The van der Waals surface area contributed by atoms with Gasteiger partial charge in [-0.2, -0.15) is 13.2 Å². The molecule has 13 heteroatoms. The molecule has 2 aliphatic rings. The first-order valence-corrected chi connectivity index (χ1v) is 13.4. The van der Waals surface area contributed by atoms with Crippen LogP contribution in [-0.2, 0) is 16.1 Å². The van der Waals surface area contributed by atoms with Gasteiger partial charge in [0.1, 0.15) is 12.4 Å². The van der Waals surface area contributed by atoms with Gasteiger partial charge in [0.2, 0.25) is 5.91 Å². The fraction of sp³-hybridized carbons (Fsp3) is 0.310. The summed E-state index contributed by atoms with van der Waals surface area (Å²) in [6.07, 6.45) is 0.453. The van der Waals surface area contributed by atoms with Crippen LogP contribution in [0, 0.1) is 11.7 Å². The summed E-state index contributed by atoms with van der Waals surface area (Å²) < 4.78 is 46.2. The molecule has 0 spiro atoms. The van der Waals surface area contributed by atoms with Crippen LogP contribution in [0.15, 0.2) is 67.0 Å². The van der Waals surface area contributed by atoms with Crippen LogP contribution < -0.4 is 9.80 Å². The van der Waals surface area contributed by atoms with Crippen molar-refractivity contribution in [3.63, 3.8) is 0 Å². The third-order valence-corrected chi connectivity index (χ3v) is 7.28. The molecule has 1 fully saturated rings. The van der Waals surface area contributed by atoms with E-state index < -0.39 is 23.9 Å². The van der Waals surface area contributed by atoms with Crippen molar-refractivity contribution in [1.82, 2.24) is 9.88 Å². The van der Waals surface area contributed by atoms with Gasteiger partial charge in [-0.15, -0.1) is 0 Å². The molecule has 1 saturated heterocycles. The van der Waals surface area contributed by atoms with E-state index in [0.717, 1.165) is 43.2 Å². The Bertz CT molecular complexity index is 1430. The average molecular weight is 607 g/mol. The van der Waals surface area contributed by atoms with Crippen LogP contribution in [0.3, 0.4) is 0 Å². The number of fused-ring (bicyclic) bond motifs is 1. The number of para-hydroxylation sites is 1. The molecule has 0 atom stereocenters. The molecular weight excluding hydrogens is 580 g/mol. The van der Waals surface area contributed by atoms with Crippen LogP contribution in [0.1, 0.15) is 28.8 Å². The van der Waals surface area contributed by atoms with Crippen LogP contribution in [0.25, 0.3) is 0 Å². The second-order valence-electron chi connectivity index (χ2n) is 9.86. The fourth-order valence-electron chi connectivity index (χ4n) is 4.92. The Morgan fingerprint density at radius 3 is 2.26 bits per heavy atom. The quantitative estimate of drug-likeness (QED) is 0.399. The number of rotatable bonds is 4. The van der Waals surface area contributed by atoms with Gasteiger partial charge in [0.15, 0.2) is 0 Å². The summed E-state index contributed by atoms with van der Waals surface area (Å²) >= 11 is 5.85. The Hall–Kier alpha value is -4.19. The summed E-state index contributed by atoms with van der Waals surface area (Å²) in [5, 5.41) is 7.34. The zero-order valence-electron chi connectivity index (χ0n) is 22.2. The second kappa shape index (κ2) is 13.2. The lowest BCUT2D eigenvalue weighted by molar-refractivity contribution is -0.192. The van der Waals surface area contributed by atoms with Crippen molar-refractivity contribution < 1.29 is 37.1 Å². The number of carboxylic acids is 1. The maximum absolute atomic E-state index is 14.5. The minimum absolute atomic E-state index is 0.0865. The zero-order chi connectivity index (χ0) is 30.4. The average Bonchev–Trinajstić information content (AvgIpc) is 3.09. The number of carbonyl (C=O) groups is 3. The normalized spacial score (nSPS) is 15.8. The highest BCUT2D eigenvalue weighted by Crippen LogP contribution is 2.30. The predicted molar refractivity (Wildman–Crippen MR) is 148 cm³/mol. The summed E-state index contributed by atoms with van der Waals surface area (Å²) in [7, 11) is 0. The molecule has 5 rings (SSSR count). The second-order valence-corrected chi connectivity index (χ2v) is 10.3. The number of aromatic nitrogens is 1. The molecule has 2 aliphatic heterocycles. The van der Waals surface area contributed by atoms with Crippen LogP contribution in [0.5, 0.6) is 0 Å². The van der Waals surface area contributed by atoms with Crippen molar-refractivity contribution in [2.24, 2.45) is 5.92 Å². The molecule has 1 N–H and O–H groups in total. The van der Waals surface area contributed by atoms with Gasteiger partial charge in [-0.1, -0.05) is 29.8 Å². The Morgan fingerprint density at radius 1 is 1.00 bits per heavy atom. The summed E-state index contributed by atoms with van der Waals surface area (Å²) in [6, 6.07) is 15.7.